The Hall–Kier alpha value is -1.38. The summed E-state index contributed by atoms with van der Waals surface area (Å²) < 4.78 is 5.73. The fourth-order valence-electron chi connectivity index (χ4n) is 2.79. The maximum atomic E-state index is 6.20. The summed E-state index contributed by atoms with van der Waals surface area (Å²) in [6, 6.07) is 6.49. The molecule has 3 unspecified atom stereocenters. The van der Waals surface area contributed by atoms with E-state index >= 15 is 0 Å². The van der Waals surface area contributed by atoms with Gasteiger partial charge in [0.05, 0.1) is 17.5 Å². The predicted octanol–water partition coefficient (Wildman–Crippen LogP) is 3.90. The van der Waals surface area contributed by atoms with E-state index in [0.29, 0.717) is 12.0 Å². The Kier molecular flexibility index (Phi) is 4.23. The number of ether oxygens (including phenoxy) is 1. The molecule has 3 heteroatoms. The van der Waals surface area contributed by atoms with Crippen LogP contribution in [0.25, 0.3) is 0 Å². The van der Waals surface area contributed by atoms with Crippen LogP contribution in [0.15, 0.2) is 18.2 Å². The van der Waals surface area contributed by atoms with Gasteiger partial charge in [-0.25, -0.2) is 0 Å². The molecule has 0 bridgehead atoms. The van der Waals surface area contributed by atoms with Crippen LogP contribution in [0.5, 0.6) is 5.75 Å². The van der Waals surface area contributed by atoms with Gasteiger partial charge < -0.3 is 15.8 Å². The van der Waals surface area contributed by atoms with E-state index < -0.39 is 0 Å². The second-order valence-corrected chi connectivity index (χ2v) is 6.05. The van der Waals surface area contributed by atoms with Crippen molar-refractivity contribution in [3.63, 3.8) is 0 Å². The van der Waals surface area contributed by atoms with Crippen molar-refractivity contribution in [1.82, 2.24) is 0 Å². The lowest BCUT2D eigenvalue weighted by Crippen LogP contribution is -2.24. The molecule has 1 aliphatic carbocycles. The van der Waals surface area contributed by atoms with Gasteiger partial charge >= 0.3 is 0 Å². The summed E-state index contributed by atoms with van der Waals surface area (Å²) in [5.74, 6) is 2.25. The van der Waals surface area contributed by atoms with Crippen LogP contribution in [0.3, 0.4) is 0 Å². The summed E-state index contributed by atoms with van der Waals surface area (Å²) in [6.07, 6.45) is 2.65. The Morgan fingerprint density at radius 1 is 1.26 bits per heavy atom. The second kappa shape index (κ2) is 5.72. The first-order valence-electron chi connectivity index (χ1n) is 7.30. The van der Waals surface area contributed by atoms with E-state index in [9.17, 15) is 0 Å². The van der Waals surface area contributed by atoms with Gasteiger partial charge in [-0.15, -0.1) is 0 Å². The number of anilines is 2. The molecule has 1 aromatic carbocycles. The lowest BCUT2D eigenvalue weighted by Gasteiger charge is -2.23. The maximum absolute atomic E-state index is 6.20. The summed E-state index contributed by atoms with van der Waals surface area (Å²) in [6.45, 7) is 8.68. The number of hydrogen-bond acceptors (Lipinski definition) is 3. The largest absolute Gasteiger partial charge is 0.489 e. The molecule has 0 aliphatic heterocycles. The minimum Gasteiger partial charge on any atom is -0.489 e. The van der Waals surface area contributed by atoms with Crippen LogP contribution in [0, 0.1) is 11.8 Å². The number of rotatable bonds is 4. The number of hydrogen-bond donors (Lipinski definition) is 2. The quantitative estimate of drug-likeness (QED) is 0.809. The summed E-state index contributed by atoms with van der Waals surface area (Å²) in [4.78, 5) is 0. The molecule has 0 spiro atoms. The Bertz CT molecular complexity index is 431. The third-order valence-electron chi connectivity index (χ3n) is 4.23. The SMILES string of the molecule is CC(C)Oc1cccc(NC2CCC(C)C2C)c1N. The van der Waals surface area contributed by atoms with Gasteiger partial charge in [0.2, 0.25) is 0 Å². The summed E-state index contributed by atoms with van der Waals surface area (Å²) in [5.41, 5.74) is 7.93. The van der Waals surface area contributed by atoms with Gasteiger partial charge in [-0.3, -0.25) is 0 Å². The van der Waals surface area contributed by atoms with E-state index in [4.69, 9.17) is 10.5 Å². The van der Waals surface area contributed by atoms with Crippen molar-refractivity contribution in [2.24, 2.45) is 11.8 Å². The van der Waals surface area contributed by atoms with Crippen LogP contribution >= 0.6 is 0 Å². The Balaban J connectivity index is 2.12. The van der Waals surface area contributed by atoms with Gasteiger partial charge in [-0.1, -0.05) is 19.9 Å². The van der Waals surface area contributed by atoms with E-state index in [1.54, 1.807) is 0 Å². The van der Waals surface area contributed by atoms with Crippen molar-refractivity contribution < 1.29 is 4.74 Å². The van der Waals surface area contributed by atoms with Crippen molar-refractivity contribution in [2.75, 3.05) is 11.1 Å². The first kappa shape index (κ1) is 14.0. The van der Waals surface area contributed by atoms with E-state index in [1.807, 2.05) is 32.0 Å². The van der Waals surface area contributed by atoms with Crippen LogP contribution in [0.2, 0.25) is 0 Å². The molecule has 19 heavy (non-hydrogen) atoms. The fraction of sp³-hybridized carbons (Fsp3) is 0.625. The molecule has 0 radical (unpaired) electrons. The van der Waals surface area contributed by atoms with Crippen molar-refractivity contribution in [3.8, 4) is 5.75 Å². The average Bonchev–Trinajstić information content (AvgIpc) is 2.65. The van der Waals surface area contributed by atoms with Crippen molar-refractivity contribution in [1.29, 1.82) is 0 Å². The van der Waals surface area contributed by atoms with Gasteiger partial charge in [0.15, 0.2) is 0 Å². The number of nitrogens with two attached hydrogens (primary N) is 1. The minimum absolute atomic E-state index is 0.142. The normalized spacial score (nSPS) is 26.7. The van der Waals surface area contributed by atoms with E-state index in [-0.39, 0.29) is 6.10 Å². The smallest absolute Gasteiger partial charge is 0.144 e. The summed E-state index contributed by atoms with van der Waals surface area (Å²) in [7, 11) is 0. The molecule has 1 aliphatic rings. The lowest BCUT2D eigenvalue weighted by molar-refractivity contribution is 0.244. The van der Waals surface area contributed by atoms with Crippen LogP contribution in [-0.4, -0.2) is 12.1 Å². The number of nitrogen functional groups attached to an aromatic ring is 1. The molecule has 1 aromatic rings. The first-order chi connectivity index (χ1) is 8.99. The van der Waals surface area contributed by atoms with Gasteiger partial charge in [0, 0.05) is 6.04 Å². The molecule has 0 amide bonds. The molecule has 0 heterocycles. The summed E-state index contributed by atoms with van der Waals surface area (Å²) in [5, 5.41) is 3.60. The van der Waals surface area contributed by atoms with Gasteiger partial charge in [0.1, 0.15) is 5.75 Å². The highest BCUT2D eigenvalue weighted by molar-refractivity contribution is 5.73. The monoisotopic (exact) mass is 262 g/mol. The second-order valence-electron chi connectivity index (χ2n) is 6.05. The summed E-state index contributed by atoms with van der Waals surface area (Å²) >= 11 is 0. The molecule has 1 saturated carbocycles. The van der Waals surface area contributed by atoms with Gasteiger partial charge in [-0.05, 0) is 50.7 Å². The maximum Gasteiger partial charge on any atom is 0.144 e. The highest BCUT2D eigenvalue weighted by Gasteiger charge is 2.29. The molecule has 3 atom stereocenters. The number of para-hydroxylation sites is 1. The Labute approximate surface area is 116 Å². The van der Waals surface area contributed by atoms with Crippen LogP contribution in [0.1, 0.15) is 40.5 Å². The minimum atomic E-state index is 0.142. The number of nitrogens with one attached hydrogen (secondary N) is 1. The molecular formula is C16H26N2O. The molecule has 0 saturated heterocycles. The highest BCUT2D eigenvalue weighted by atomic mass is 16.5. The Morgan fingerprint density at radius 3 is 2.58 bits per heavy atom. The van der Waals surface area contributed by atoms with Gasteiger partial charge in [-0.2, -0.15) is 0 Å². The third-order valence-corrected chi connectivity index (χ3v) is 4.23. The van der Waals surface area contributed by atoms with E-state index in [2.05, 4.69) is 19.2 Å². The van der Waals surface area contributed by atoms with Crippen LogP contribution in [0.4, 0.5) is 11.4 Å². The van der Waals surface area contributed by atoms with E-state index in [1.165, 1.54) is 12.8 Å². The fourth-order valence-corrected chi connectivity index (χ4v) is 2.79. The molecule has 3 N–H and O–H groups in total. The average molecular weight is 262 g/mol. The molecule has 106 valence electrons. The Morgan fingerprint density at radius 2 is 2.00 bits per heavy atom. The number of benzene rings is 1. The van der Waals surface area contributed by atoms with Crippen molar-refractivity contribution in [3.05, 3.63) is 18.2 Å². The zero-order chi connectivity index (χ0) is 14.0. The van der Waals surface area contributed by atoms with Crippen molar-refractivity contribution >= 4 is 11.4 Å². The highest BCUT2D eigenvalue weighted by Crippen LogP contribution is 2.36. The van der Waals surface area contributed by atoms with Crippen LogP contribution in [-0.2, 0) is 0 Å². The van der Waals surface area contributed by atoms with Crippen LogP contribution < -0.4 is 15.8 Å². The molecule has 0 aromatic heterocycles. The molecular weight excluding hydrogens is 236 g/mol. The molecule has 2 rings (SSSR count). The van der Waals surface area contributed by atoms with Gasteiger partial charge in [0.25, 0.3) is 0 Å². The standard InChI is InChI=1S/C16H26N2O/c1-10(2)19-15-7-5-6-14(16(15)17)18-13-9-8-11(3)12(13)4/h5-7,10-13,18H,8-9,17H2,1-4H3. The first-order valence-corrected chi connectivity index (χ1v) is 7.30. The molecule has 3 nitrogen and oxygen atoms in total. The predicted molar refractivity (Wildman–Crippen MR) is 81.6 cm³/mol. The molecule has 1 fully saturated rings. The third kappa shape index (κ3) is 3.14. The van der Waals surface area contributed by atoms with Crippen molar-refractivity contribution in [2.45, 2.75) is 52.7 Å². The van der Waals surface area contributed by atoms with E-state index in [0.717, 1.165) is 23.0 Å². The zero-order valence-electron chi connectivity index (χ0n) is 12.4. The topological polar surface area (TPSA) is 47.3 Å². The zero-order valence-corrected chi connectivity index (χ0v) is 12.4. The lowest BCUT2D eigenvalue weighted by atomic mass is 9.97.